The van der Waals surface area contributed by atoms with Gasteiger partial charge >= 0.3 is 0 Å². The van der Waals surface area contributed by atoms with Gasteiger partial charge in [0.05, 0.1) is 0 Å². The van der Waals surface area contributed by atoms with Crippen LogP contribution in [0.2, 0.25) is 0 Å². The van der Waals surface area contributed by atoms with Crippen molar-refractivity contribution in [2.24, 2.45) is 10.8 Å². The predicted octanol–water partition coefficient (Wildman–Crippen LogP) is 4.58. The lowest BCUT2D eigenvalue weighted by Gasteiger charge is -2.39. The van der Waals surface area contributed by atoms with Crippen molar-refractivity contribution < 1.29 is 0 Å². The topological polar surface area (TPSA) is 0 Å². The van der Waals surface area contributed by atoms with E-state index in [1.54, 1.807) is 0 Å². The molecule has 0 rings (SSSR count). The fourth-order valence-corrected chi connectivity index (χ4v) is 1.48. The summed E-state index contributed by atoms with van der Waals surface area (Å²) in [4.78, 5) is 0. The largest absolute Gasteiger partial charge is 0.0991 e. The van der Waals surface area contributed by atoms with E-state index in [0.29, 0.717) is 5.41 Å². The Kier molecular flexibility index (Phi) is 4.46. The summed E-state index contributed by atoms with van der Waals surface area (Å²) in [5.41, 5.74) is 0.610. The summed E-state index contributed by atoms with van der Waals surface area (Å²) in [7, 11) is 0. The fourth-order valence-electron chi connectivity index (χ4n) is 1.48. The van der Waals surface area contributed by atoms with Gasteiger partial charge in [-0.25, -0.2) is 0 Å². The molecule has 0 aromatic rings. The molecule has 13 heavy (non-hydrogen) atoms. The van der Waals surface area contributed by atoms with Crippen molar-refractivity contribution in [1.82, 2.24) is 0 Å². The molecule has 0 saturated carbocycles. The molecule has 0 aliphatic rings. The molecule has 0 aromatic heterocycles. The zero-order valence-electron chi connectivity index (χ0n) is 9.85. The van der Waals surface area contributed by atoms with Crippen molar-refractivity contribution in [1.29, 1.82) is 0 Å². The van der Waals surface area contributed by atoms with Crippen LogP contribution in [0.3, 0.4) is 0 Å². The van der Waals surface area contributed by atoms with Gasteiger partial charge in [-0.1, -0.05) is 65.8 Å². The SMILES string of the molecule is C=CC=CC(C)(C)C(C)(C)CCC. The van der Waals surface area contributed by atoms with E-state index in [0.717, 1.165) is 0 Å². The molecule has 0 saturated heterocycles. The van der Waals surface area contributed by atoms with Gasteiger partial charge in [0.1, 0.15) is 0 Å². The second-order valence-electron chi connectivity index (χ2n) is 4.95. The van der Waals surface area contributed by atoms with Crippen LogP contribution in [0.15, 0.2) is 24.8 Å². The molecule has 76 valence electrons. The maximum atomic E-state index is 3.70. The summed E-state index contributed by atoms with van der Waals surface area (Å²) in [6.45, 7) is 15.2. The highest BCUT2D eigenvalue weighted by Gasteiger charge is 2.33. The highest BCUT2D eigenvalue weighted by atomic mass is 14.4. The summed E-state index contributed by atoms with van der Waals surface area (Å²) in [5, 5.41) is 0. The van der Waals surface area contributed by atoms with Crippen molar-refractivity contribution >= 4 is 0 Å². The summed E-state index contributed by atoms with van der Waals surface area (Å²) in [6, 6.07) is 0. The maximum absolute atomic E-state index is 3.70. The highest BCUT2D eigenvalue weighted by Crippen LogP contribution is 2.43. The molecule has 0 unspecified atom stereocenters. The average Bonchev–Trinajstić information content (AvgIpc) is 2.00. The number of rotatable bonds is 5. The van der Waals surface area contributed by atoms with E-state index in [9.17, 15) is 0 Å². The van der Waals surface area contributed by atoms with Crippen molar-refractivity contribution in [3.63, 3.8) is 0 Å². The Bertz CT molecular complexity index is 182. The number of allylic oxidation sites excluding steroid dienone is 3. The van der Waals surface area contributed by atoms with Gasteiger partial charge in [0.15, 0.2) is 0 Å². The van der Waals surface area contributed by atoms with Crippen LogP contribution in [-0.2, 0) is 0 Å². The van der Waals surface area contributed by atoms with E-state index in [1.165, 1.54) is 12.8 Å². The van der Waals surface area contributed by atoms with Crippen molar-refractivity contribution in [2.75, 3.05) is 0 Å². The first-order chi connectivity index (χ1) is 5.87. The second kappa shape index (κ2) is 4.64. The van der Waals surface area contributed by atoms with Crippen LogP contribution in [0, 0.1) is 10.8 Å². The molecule has 0 spiro atoms. The molecule has 0 atom stereocenters. The van der Waals surface area contributed by atoms with Crippen LogP contribution in [0.5, 0.6) is 0 Å². The van der Waals surface area contributed by atoms with Gasteiger partial charge < -0.3 is 0 Å². The Labute approximate surface area is 83.7 Å². The third kappa shape index (κ3) is 3.38. The van der Waals surface area contributed by atoms with E-state index < -0.39 is 0 Å². The lowest BCUT2D eigenvalue weighted by atomic mass is 9.65. The van der Waals surface area contributed by atoms with Crippen LogP contribution in [0.25, 0.3) is 0 Å². The lowest BCUT2D eigenvalue weighted by molar-refractivity contribution is 0.150. The van der Waals surface area contributed by atoms with Crippen molar-refractivity contribution in [3.05, 3.63) is 24.8 Å². The van der Waals surface area contributed by atoms with E-state index in [4.69, 9.17) is 0 Å². The Balaban J connectivity index is 4.58. The molecule has 0 radical (unpaired) electrons. The Morgan fingerprint density at radius 3 is 2.08 bits per heavy atom. The monoisotopic (exact) mass is 180 g/mol. The van der Waals surface area contributed by atoms with Gasteiger partial charge in [-0.2, -0.15) is 0 Å². The van der Waals surface area contributed by atoms with Crippen molar-refractivity contribution in [2.45, 2.75) is 47.5 Å². The average molecular weight is 180 g/mol. The molecule has 0 aliphatic heterocycles. The molecular formula is C13H24. The quantitative estimate of drug-likeness (QED) is 0.543. The molecule has 0 fully saturated rings. The second-order valence-corrected chi connectivity index (χ2v) is 4.95. The number of hydrogen-bond donors (Lipinski definition) is 0. The minimum Gasteiger partial charge on any atom is -0.0991 e. The van der Waals surface area contributed by atoms with Gasteiger partial charge in [-0.05, 0) is 17.3 Å². The van der Waals surface area contributed by atoms with Crippen LogP contribution < -0.4 is 0 Å². The van der Waals surface area contributed by atoms with Crippen LogP contribution >= 0.6 is 0 Å². The molecule has 0 heterocycles. The minimum atomic E-state index is 0.247. The summed E-state index contributed by atoms with van der Waals surface area (Å²) >= 11 is 0. The molecular weight excluding hydrogens is 156 g/mol. The Morgan fingerprint density at radius 1 is 1.15 bits per heavy atom. The summed E-state index contributed by atoms with van der Waals surface area (Å²) in [5.74, 6) is 0. The lowest BCUT2D eigenvalue weighted by Crippen LogP contribution is -2.30. The zero-order valence-corrected chi connectivity index (χ0v) is 9.85. The van der Waals surface area contributed by atoms with Crippen LogP contribution in [-0.4, -0.2) is 0 Å². The van der Waals surface area contributed by atoms with Crippen molar-refractivity contribution in [3.8, 4) is 0 Å². The molecule has 0 aromatic carbocycles. The standard InChI is InChI=1S/C13H24/c1-7-9-11-13(5,6)12(3,4)10-8-2/h7,9,11H,1,8,10H2,2-6H3. The third-order valence-electron chi connectivity index (χ3n) is 3.27. The van der Waals surface area contributed by atoms with E-state index in [1.807, 2.05) is 6.08 Å². The minimum absolute atomic E-state index is 0.247. The van der Waals surface area contributed by atoms with Gasteiger partial charge in [0.2, 0.25) is 0 Å². The first-order valence-corrected chi connectivity index (χ1v) is 5.17. The normalized spacial score (nSPS) is 13.6. The Hall–Kier alpha value is -0.520. The van der Waals surface area contributed by atoms with Gasteiger partial charge in [-0.15, -0.1) is 0 Å². The van der Waals surface area contributed by atoms with E-state index >= 15 is 0 Å². The first kappa shape index (κ1) is 12.5. The molecule has 0 amide bonds. The molecule has 0 nitrogen and oxygen atoms in total. The van der Waals surface area contributed by atoms with Gasteiger partial charge in [0.25, 0.3) is 0 Å². The first-order valence-electron chi connectivity index (χ1n) is 5.17. The third-order valence-corrected chi connectivity index (χ3v) is 3.27. The zero-order chi connectivity index (χ0) is 10.5. The highest BCUT2D eigenvalue weighted by molar-refractivity contribution is 5.07. The molecule has 0 bridgehead atoms. The summed E-state index contributed by atoms with van der Waals surface area (Å²) < 4.78 is 0. The van der Waals surface area contributed by atoms with E-state index in [2.05, 4.69) is 53.3 Å². The van der Waals surface area contributed by atoms with Gasteiger partial charge in [0, 0.05) is 0 Å². The Morgan fingerprint density at radius 2 is 1.69 bits per heavy atom. The summed E-state index contributed by atoms with van der Waals surface area (Å²) in [6.07, 6.45) is 8.68. The fraction of sp³-hybridized carbons (Fsp3) is 0.692. The molecule has 0 aliphatic carbocycles. The molecule has 0 N–H and O–H groups in total. The maximum Gasteiger partial charge on any atom is -0.0121 e. The smallest absolute Gasteiger partial charge is 0.0121 e. The molecule has 0 heteroatoms. The van der Waals surface area contributed by atoms with E-state index in [-0.39, 0.29) is 5.41 Å². The van der Waals surface area contributed by atoms with Gasteiger partial charge in [-0.3, -0.25) is 0 Å². The predicted molar refractivity (Wildman–Crippen MR) is 61.8 cm³/mol. The van der Waals surface area contributed by atoms with Crippen LogP contribution in [0.1, 0.15) is 47.5 Å². The van der Waals surface area contributed by atoms with Crippen LogP contribution in [0.4, 0.5) is 0 Å². The number of hydrogen-bond acceptors (Lipinski definition) is 0.